The van der Waals surface area contributed by atoms with Gasteiger partial charge in [0.1, 0.15) is 5.56 Å². The Bertz CT molecular complexity index is 556. The summed E-state index contributed by atoms with van der Waals surface area (Å²) in [6, 6.07) is 1.68. The summed E-state index contributed by atoms with van der Waals surface area (Å²) in [7, 11) is 0. The molecular formula is C13H17ClN4O3. The van der Waals surface area contributed by atoms with Gasteiger partial charge in [0, 0.05) is 18.3 Å². The van der Waals surface area contributed by atoms with Crippen LogP contribution in [-0.4, -0.2) is 32.9 Å². The summed E-state index contributed by atoms with van der Waals surface area (Å²) in [6.07, 6.45) is 4.34. The van der Waals surface area contributed by atoms with E-state index in [0.717, 1.165) is 19.3 Å². The summed E-state index contributed by atoms with van der Waals surface area (Å²) in [5.41, 5.74) is 2.22. The summed E-state index contributed by atoms with van der Waals surface area (Å²) >= 11 is 5.72. The van der Waals surface area contributed by atoms with E-state index in [2.05, 4.69) is 10.4 Å². The highest BCUT2D eigenvalue weighted by molar-refractivity contribution is 6.32. The van der Waals surface area contributed by atoms with Gasteiger partial charge in [-0.05, 0) is 32.8 Å². The molecule has 0 radical (unpaired) electrons. The Labute approximate surface area is 127 Å². The fourth-order valence-corrected chi connectivity index (χ4v) is 2.83. The van der Waals surface area contributed by atoms with Crippen molar-refractivity contribution in [3.05, 3.63) is 33.1 Å². The van der Waals surface area contributed by atoms with E-state index >= 15 is 0 Å². The molecule has 1 aromatic heterocycles. The molecule has 0 bridgehead atoms. The third-order valence-corrected chi connectivity index (χ3v) is 4.01. The molecule has 2 atom stereocenters. The van der Waals surface area contributed by atoms with Crippen molar-refractivity contribution in [1.29, 1.82) is 0 Å². The quantitative estimate of drug-likeness (QED) is 0.526. The molecule has 2 unspecified atom stereocenters. The molecule has 1 fully saturated rings. The number of nitro groups is 1. The van der Waals surface area contributed by atoms with Gasteiger partial charge in [0.2, 0.25) is 5.15 Å². The number of aromatic nitrogens is 1. The molecule has 114 valence electrons. The van der Waals surface area contributed by atoms with Gasteiger partial charge in [-0.15, -0.1) is 0 Å². The van der Waals surface area contributed by atoms with Crippen molar-refractivity contribution in [3.63, 3.8) is 0 Å². The number of piperidine rings is 1. The number of hydrogen-bond acceptors (Lipinski definition) is 5. The van der Waals surface area contributed by atoms with E-state index in [-0.39, 0.29) is 22.8 Å². The summed E-state index contributed by atoms with van der Waals surface area (Å²) in [5.74, 6) is -0.536. The van der Waals surface area contributed by atoms with E-state index < -0.39 is 16.5 Å². The van der Waals surface area contributed by atoms with E-state index in [4.69, 9.17) is 11.6 Å². The maximum Gasteiger partial charge on any atom is 0.319 e. The fraction of sp³-hybridized carbons (Fsp3) is 0.538. The van der Waals surface area contributed by atoms with Gasteiger partial charge in [0.05, 0.1) is 4.92 Å². The average molecular weight is 313 g/mol. The molecule has 21 heavy (non-hydrogen) atoms. The first kappa shape index (κ1) is 15.7. The van der Waals surface area contributed by atoms with Crippen molar-refractivity contribution in [2.24, 2.45) is 0 Å². The largest absolute Gasteiger partial charge is 0.319 e. The zero-order valence-electron chi connectivity index (χ0n) is 11.9. The minimum Gasteiger partial charge on any atom is -0.284 e. The molecule has 2 rings (SSSR count). The van der Waals surface area contributed by atoms with E-state index in [1.807, 2.05) is 18.9 Å². The lowest BCUT2D eigenvalue weighted by Gasteiger charge is -2.38. The SMILES string of the molecule is CC1CCCC(C)N1NC(=O)c1ccnc(Cl)c1[N+](=O)[O-]. The monoisotopic (exact) mass is 312 g/mol. The molecule has 7 nitrogen and oxygen atoms in total. The highest BCUT2D eigenvalue weighted by Crippen LogP contribution is 2.27. The molecule has 0 aromatic carbocycles. The second-order valence-corrected chi connectivity index (χ2v) is 5.59. The Balaban J connectivity index is 2.25. The number of hydrazine groups is 1. The zero-order chi connectivity index (χ0) is 15.6. The van der Waals surface area contributed by atoms with Crippen LogP contribution >= 0.6 is 11.6 Å². The number of halogens is 1. The van der Waals surface area contributed by atoms with Crippen LogP contribution in [0.2, 0.25) is 5.15 Å². The van der Waals surface area contributed by atoms with Crippen LogP contribution in [0.1, 0.15) is 43.5 Å². The second kappa shape index (κ2) is 6.36. The van der Waals surface area contributed by atoms with Crippen LogP contribution in [0.5, 0.6) is 0 Å². The summed E-state index contributed by atoms with van der Waals surface area (Å²) in [5, 5.41) is 12.6. The third-order valence-electron chi connectivity index (χ3n) is 3.73. The molecule has 1 aromatic rings. The first-order chi connectivity index (χ1) is 9.91. The molecule has 1 N–H and O–H groups in total. The van der Waals surface area contributed by atoms with Crippen molar-refractivity contribution in [2.75, 3.05) is 0 Å². The lowest BCUT2D eigenvalue weighted by atomic mass is 10.00. The number of carbonyl (C=O) groups is 1. The zero-order valence-corrected chi connectivity index (χ0v) is 12.6. The highest BCUT2D eigenvalue weighted by Gasteiger charge is 2.30. The maximum absolute atomic E-state index is 12.3. The number of amides is 1. The van der Waals surface area contributed by atoms with Crippen molar-refractivity contribution >= 4 is 23.2 Å². The predicted molar refractivity (Wildman–Crippen MR) is 78.0 cm³/mol. The molecule has 0 aliphatic carbocycles. The maximum atomic E-state index is 12.3. The number of hydrogen-bond donors (Lipinski definition) is 1. The molecule has 0 spiro atoms. The number of nitrogens with zero attached hydrogens (tertiary/aromatic N) is 3. The Kier molecular flexibility index (Phi) is 4.74. The lowest BCUT2D eigenvalue weighted by molar-refractivity contribution is -0.385. The summed E-state index contributed by atoms with van der Waals surface area (Å²) in [6.45, 7) is 4.04. The van der Waals surface area contributed by atoms with Crippen molar-refractivity contribution < 1.29 is 9.72 Å². The van der Waals surface area contributed by atoms with Crippen LogP contribution < -0.4 is 5.43 Å². The number of pyridine rings is 1. The van der Waals surface area contributed by atoms with Gasteiger partial charge in [0.25, 0.3) is 5.91 Å². The molecular weight excluding hydrogens is 296 g/mol. The Hall–Kier alpha value is -1.73. The van der Waals surface area contributed by atoms with Crippen molar-refractivity contribution in [2.45, 2.75) is 45.2 Å². The Morgan fingerprint density at radius 3 is 2.67 bits per heavy atom. The van der Waals surface area contributed by atoms with Crippen molar-refractivity contribution in [3.8, 4) is 0 Å². The van der Waals surface area contributed by atoms with Crippen LogP contribution in [0.15, 0.2) is 12.3 Å². The smallest absolute Gasteiger partial charge is 0.284 e. The van der Waals surface area contributed by atoms with Gasteiger partial charge in [-0.2, -0.15) is 0 Å². The lowest BCUT2D eigenvalue weighted by Crippen LogP contribution is -2.54. The van der Waals surface area contributed by atoms with Crippen LogP contribution in [0, 0.1) is 10.1 Å². The minimum atomic E-state index is -0.687. The topological polar surface area (TPSA) is 88.4 Å². The van der Waals surface area contributed by atoms with Crippen molar-refractivity contribution in [1.82, 2.24) is 15.4 Å². The van der Waals surface area contributed by atoms with Crippen LogP contribution in [-0.2, 0) is 0 Å². The molecule has 1 amide bonds. The van der Waals surface area contributed by atoms with E-state index in [1.54, 1.807) is 0 Å². The Morgan fingerprint density at radius 1 is 1.48 bits per heavy atom. The van der Waals surface area contributed by atoms with Crippen LogP contribution in [0.25, 0.3) is 0 Å². The van der Waals surface area contributed by atoms with Gasteiger partial charge in [0.15, 0.2) is 0 Å². The molecule has 2 heterocycles. The molecule has 1 aliphatic rings. The molecule has 0 saturated carbocycles. The Morgan fingerprint density at radius 2 is 2.10 bits per heavy atom. The van der Waals surface area contributed by atoms with Crippen LogP contribution in [0.4, 0.5) is 5.69 Å². The molecule has 1 saturated heterocycles. The van der Waals surface area contributed by atoms with Gasteiger partial charge in [-0.3, -0.25) is 20.3 Å². The van der Waals surface area contributed by atoms with E-state index in [0.29, 0.717) is 0 Å². The second-order valence-electron chi connectivity index (χ2n) is 5.23. The number of nitrogens with one attached hydrogen (secondary N) is 1. The van der Waals surface area contributed by atoms with Crippen LogP contribution in [0.3, 0.4) is 0 Å². The first-order valence-electron chi connectivity index (χ1n) is 6.80. The predicted octanol–water partition coefficient (Wildman–Crippen LogP) is 2.55. The number of carbonyl (C=O) groups excluding carboxylic acids is 1. The van der Waals surface area contributed by atoms with Gasteiger partial charge >= 0.3 is 5.69 Å². The minimum absolute atomic E-state index is 0.0787. The van der Waals surface area contributed by atoms with Gasteiger partial charge in [-0.1, -0.05) is 18.0 Å². The third kappa shape index (κ3) is 3.30. The molecule has 1 aliphatic heterocycles. The van der Waals surface area contributed by atoms with E-state index in [1.165, 1.54) is 12.3 Å². The van der Waals surface area contributed by atoms with Gasteiger partial charge < -0.3 is 0 Å². The standard InChI is InChI=1S/C13H17ClN4O3/c1-8-4-3-5-9(2)17(8)16-13(19)10-6-7-15-12(14)11(10)18(20)21/h6-9H,3-5H2,1-2H3,(H,16,19). The number of rotatable bonds is 3. The first-order valence-corrected chi connectivity index (χ1v) is 7.17. The highest BCUT2D eigenvalue weighted by atomic mass is 35.5. The average Bonchev–Trinajstić information content (AvgIpc) is 2.42. The van der Waals surface area contributed by atoms with E-state index in [9.17, 15) is 14.9 Å². The van der Waals surface area contributed by atoms with Gasteiger partial charge in [-0.25, -0.2) is 9.99 Å². The summed E-state index contributed by atoms with van der Waals surface area (Å²) in [4.78, 5) is 26.4. The summed E-state index contributed by atoms with van der Waals surface area (Å²) < 4.78 is 0. The normalized spacial score (nSPS) is 22.8. The fourth-order valence-electron chi connectivity index (χ4n) is 2.60. The molecule has 8 heteroatoms.